The summed E-state index contributed by atoms with van der Waals surface area (Å²) in [6.45, 7) is 5.75. The van der Waals surface area contributed by atoms with Crippen molar-refractivity contribution in [2.75, 3.05) is 27.2 Å². The summed E-state index contributed by atoms with van der Waals surface area (Å²) < 4.78 is 0. The molecule has 0 aromatic rings. The van der Waals surface area contributed by atoms with E-state index in [0.29, 0.717) is 6.42 Å². The van der Waals surface area contributed by atoms with Gasteiger partial charge in [0.2, 0.25) is 5.91 Å². The average Bonchev–Trinajstić information content (AvgIpc) is 2.29. The molecule has 0 aliphatic rings. The highest BCUT2D eigenvalue weighted by atomic mass is 16.4. The van der Waals surface area contributed by atoms with Crippen molar-refractivity contribution < 1.29 is 19.5 Å². The standard InChI is InChI=1S/C13H25N3O4/c1-13(2,3)6-9(11(18)19)7-14-12(20)15-8-10(17)16(4)5/h9H,6-8H2,1-5H3,(H,18,19)(H2,14,15,20). The van der Waals surface area contributed by atoms with Crippen LogP contribution in [-0.4, -0.2) is 55.1 Å². The van der Waals surface area contributed by atoms with Gasteiger partial charge in [0.1, 0.15) is 0 Å². The molecule has 7 heteroatoms. The van der Waals surface area contributed by atoms with E-state index in [1.54, 1.807) is 14.1 Å². The van der Waals surface area contributed by atoms with Crippen molar-refractivity contribution in [3.8, 4) is 0 Å². The number of likely N-dealkylation sites (N-methyl/N-ethyl adjacent to an activating group) is 1. The summed E-state index contributed by atoms with van der Waals surface area (Å²) in [4.78, 5) is 35.2. The van der Waals surface area contributed by atoms with Crippen molar-refractivity contribution in [1.29, 1.82) is 0 Å². The first-order valence-corrected chi connectivity index (χ1v) is 6.47. The van der Waals surface area contributed by atoms with Crippen molar-refractivity contribution >= 4 is 17.9 Å². The molecule has 0 saturated heterocycles. The number of hydrogen-bond donors (Lipinski definition) is 3. The van der Waals surface area contributed by atoms with E-state index >= 15 is 0 Å². The molecule has 0 radical (unpaired) electrons. The smallest absolute Gasteiger partial charge is 0.315 e. The van der Waals surface area contributed by atoms with Gasteiger partial charge >= 0.3 is 12.0 Å². The Balaban J connectivity index is 4.19. The lowest BCUT2D eigenvalue weighted by Crippen LogP contribution is -2.44. The van der Waals surface area contributed by atoms with Gasteiger partial charge < -0.3 is 20.6 Å². The predicted molar refractivity (Wildman–Crippen MR) is 75.3 cm³/mol. The van der Waals surface area contributed by atoms with E-state index in [0.717, 1.165) is 0 Å². The molecule has 0 bridgehead atoms. The van der Waals surface area contributed by atoms with Gasteiger partial charge in [0, 0.05) is 20.6 Å². The highest BCUT2D eigenvalue weighted by molar-refractivity contribution is 5.83. The molecule has 1 unspecified atom stereocenters. The Kier molecular flexibility index (Phi) is 7.02. The number of nitrogens with one attached hydrogen (secondary N) is 2. The largest absolute Gasteiger partial charge is 0.481 e. The molecule has 0 fully saturated rings. The minimum absolute atomic E-state index is 0.0363. The number of carboxylic acids is 1. The summed E-state index contributed by atoms with van der Waals surface area (Å²) in [7, 11) is 3.18. The van der Waals surface area contributed by atoms with E-state index in [1.807, 2.05) is 20.8 Å². The average molecular weight is 287 g/mol. The van der Waals surface area contributed by atoms with Gasteiger partial charge in [-0.25, -0.2) is 4.79 Å². The lowest BCUT2D eigenvalue weighted by atomic mass is 9.84. The minimum atomic E-state index is -0.940. The molecule has 0 aliphatic carbocycles. The molecule has 0 saturated carbocycles. The van der Waals surface area contributed by atoms with E-state index in [4.69, 9.17) is 5.11 Å². The fraction of sp³-hybridized carbons (Fsp3) is 0.769. The summed E-state index contributed by atoms with van der Waals surface area (Å²) in [5, 5.41) is 14.0. The van der Waals surface area contributed by atoms with Crippen LogP contribution in [0.3, 0.4) is 0 Å². The number of nitrogens with zero attached hydrogens (tertiary/aromatic N) is 1. The van der Waals surface area contributed by atoms with Gasteiger partial charge in [0.25, 0.3) is 0 Å². The Bertz CT molecular complexity index is 361. The Morgan fingerprint density at radius 1 is 1.15 bits per heavy atom. The Morgan fingerprint density at radius 2 is 1.70 bits per heavy atom. The van der Waals surface area contributed by atoms with Gasteiger partial charge in [0.05, 0.1) is 12.5 Å². The second kappa shape index (κ2) is 7.72. The highest BCUT2D eigenvalue weighted by Gasteiger charge is 2.24. The molecular weight excluding hydrogens is 262 g/mol. The van der Waals surface area contributed by atoms with E-state index < -0.39 is 17.9 Å². The highest BCUT2D eigenvalue weighted by Crippen LogP contribution is 2.24. The predicted octanol–water partition coefficient (Wildman–Crippen LogP) is 0.511. The number of amides is 3. The van der Waals surface area contributed by atoms with Crippen LogP contribution >= 0.6 is 0 Å². The lowest BCUT2D eigenvalue weighted by Gasteiger charge is -2.23. The first-order chi connectivity index (χ1) is 9.03. The van der Waals surface area contributed by atoms with Gasteiger partial charge in [-0.05, 0) is 11.8 Å². The molecule has 7 nitrogen and oxygen atoms in total. The van der Waals surface area contributed by atoms with Crippen molar-refractivity contribution in [3.05, 3.63) is 0 Å². The second-order valence-corrected chi connectivity index (χ2v) is 6.15. The fourth-order valence-electron chi connectivity index (χ4n) is 1.58. The number of aliphatic carboxylic acids is 1. The molecule has 20 heavy (non-hydrogen) atoms. The Labute approximate surface area is 119 Å². The molecule has 0 spiro atoms. The minimum Gasteiger partial charge on any atom is -0.481 e. The van der Waals surface area contributed by atoms with Gasteiger partial charge in [-0.2, -0.15) is 0 Å². The topological polar surface area (TPSA) is 98.7 Å². The SMILES string of the molecule is CN(C)C(=O)CNC(=O)NCC(CC(C)(C)C)C(=O)O. The number of carbonyl (C=O) groups excluding carboxylic acids is 2. The number of urea groups is 1. The molecule has 3 N–H and O–H groups in total. The number of hydrogen-bond acceptors (Lipinski definition) is 3. The molecule has 0 aliphatic heterocycles. The summed E-state index contributed by atoms with van der Waals surface area (Å²) in [5.74, 6) is -1.82. The third-order valence-electron chi connectivity index (χ3n) is 2.62. The summed E-state index contributed by atoms with van der Waals surface area (Å²) >= 11 is 0. The van der Waals surface area contributed by atoms with Crippen LogP contribution in [0, 0.1) is 11.3 Å². The molecule has 0 aromatic heterocycles. The van der Waals surface area contributed by atoms with Crippen LogP contribution in [0.4, 0.5) is 4.79 Å². The quantitative estimate of drug-likeness (QED) is 0.663. The lowest BCUT2D eigenvalue weighted by molar-refractivity contribution is -0.142. The summed E-state index contributed by atoms with van der Waals surface area (Å²) in [6.07, 6.45) is 0.458. The second-order valence-electron chi connectivity index (χ2n) is 6.15. The molecule has 116 valence electrons. The van der Waals surface area contributed by atoms with Crippen LogP contribution in [-0.2, 0) is 9.59 Å². The molecule has 3 amide bonds. The van der Waals surface area contributed by atoms with Gasteiger partial charge in [0.15, 0.2) is 0 Å². The zero-order valence-electron chi connectivity index (χ0n) is 12.8. The van der Waals surface area contributed by atoms with Crippen molar-refractivity contribution in [2.24, 2.45) is 11.3 Å². The van der Waals surface area contributed by atoms with Crippen LogP contribution in [0.5, 0.6) is 0 Å². The number of carboxylic acid groups (broad SMARTS) is 1. The number of rotatable bonds is 6. The third-order valence-corrected chi connectivity index (χ3v) is 2.62. The fourth-order valence-corrected chi connectivity index (χ4v) is 1.58. The molecule has 0 aromatic carbocycles. The van der Waals surface area contributed by atoms with Crippen molar-refractivity contribution in [3.63, 3.8) is 0 Å². The van der Waals surface area contributed by atoms with Crippen LogP contribution in [0.15, 0.2) is 0 Å². The van der Waals surface area contributed by atoms with Crippen LogP contribution < -0.4 is 10.6 Å². The van der Waals surface area contributed by atoms with Gasteiger partial charge in [-0.1, -0.05) is 20.8 Å². The van der Waals surface area contributed by atoms with Crippen LogP contribution in [0.2, 0.25) is 0 Å². The number of carbonyl (C=O) groups is 3. The molecule has 0 heterocycles. The summed E-state index contributed by atoms with van der Waals surface area (Å²) in [5.41, 5.74) is -0.137. The maximum atomic E-state index is 11.5. The molecule has 0 rings (SSSR count). The van der Waals surface area contributed by atoms with Crippen molar-refractivity contribution in [2.45, 2.75) is 27.2 Å². The maximum absolute atomic E-state index is 11.5. The summed E-state index contributed by atoms with van der Waals surface area (Å²) in [6, 6.07) is -0.541. The molecular formula is C13H25N3O4. The monoisotopic (exact) mass is 287 g/mol. The van der Waals surface area contributed by atoms with Gasteiger partial charge in [-0.3, -0.25) is 9.59 Å². The normalized spacial score (nSPS) is 12.4. The van der Waals surface area contributed by atoms with E-state index in [1.165, 1.54) is 4.90 Å². The van der Waals surface area contributed by atoms with E-state index in [2.05, 4.69) is 10.6 Å². The van der Waals surface area contributed by atoms with Gasteiger partial charge in [-0.15, -0.1) is 0 Å². The zero-order valence-corrected chi connectivity index (χ0v) is 12.8. The van der Waals surface area contributed by atoms with Crippen LogP contribution in [0.1, 0.15) is 27.2 Å². The first kappa shape index (κ1) is 18.2. The van der Waals surface area contributed by atoms with E-state index in [9.17, 15) is 14.4 Å². The Hall–Kier alpha value is -1.79. The van der Waals surface area contributed by atoms with E-state index in [-0.39, 0.29) is 24.4 Å². The maximum Gasteiger partial charge on any atom is 0.315 e. The van der Waals surface area contributed by atoms with Crippen molar-refractivity contribution in [1.82, 2.24) is 15.5 Å². The molecule has 1 atom stereocenters. The Morgan fingerprint density at radius 3 is 2.10 bits per heavy atom. The third kappa shape index (κ3) is 8.34. The zero-order chi connectivity index (χ0) is 15.9. The first-order valence-electron chi connectivity index (χ1n) is 6.47. The van der Waals surface area contributed by atoms with Crippen LogP contribution in [0.25, 0.3) is 0 Å².